The van der Waals surface area contributed by atoms with Gasteiger partial charge in [-0.15, -0.1) is 0 Å². The molecule has 1 fully saturated rings. The maximum atomic E-state index is 13.5. The molecule has 0 bridgehead atoms. The van der Waals surface area contributed by atoms with E-state index in [4.69, 9.17) is 0 Å². The van der Waals surface area contributed by atoms with Gasteiger partial charge in [-0.2, -0.15) is 4.31 Å². The second-order valence-electron chi connectivity index (χ2n) is 4.27. The highest BCUT2D eigenvalue weighted by atomic mass is 32.2. The molecule has 1 aromatic rings. The van der Waals surface area contributed by atoms with Gasteiger partial charge in [-0.1, -0.05) is 6.07 Å². The second-order valence-corrected chi connectivity index (χ2v) is 6.14. The van der Waals surface area contributed by atoms with E-state index >= 15 is 0 Å². The van der Waals surface area contributed by atoms with Crippen molar-refractivity contribution < 1.29 is 17.2 Å². The summed E-state index contributed by atoms with van der Waals surface area (Å²) in [5.41, 5.74) is 0. The minimum atomic E-state index is -4.11. The molecule has 2 rings (SSSR count). The lowest BCUT2D eigenvalue weighted by Crippen LogP contribution is -2.51. The fraction of sp³-hybridized carbons (Fsp3) is 0.455. The molecule has 1 saturated heterocycles. The van der Waals surface area contributed by atoms with Crippen molar-refractivity contribution in [3.05, 3.63) is 29.8 Å². The number of hydrogen-bond donors (Lipinski definition) is 1. The number of rotatable bonds is 2. The Labute approximate surface area is 105 Å². The second kappa shape index (κ2) is 4.91. The first kappa shape index (κ1) is 13.4. The third-order valence-electron chi connectivity index (χ3n) is 2.85. The van der Waals surface area contributed by atoms with E-state index < -0.39 is 26.6 Å². The third-order valence-corrected chi connectivity index (χ3v) is 4.77. The van der Waals surface area contributed by atoms with Crippen molar-refractivity contribution >= 4 is 10.0 Å². The van der Waals surface area contributed by atoms with Crippen LogP contribution in [-0.4, -0.2) is 38.4 Å². The maximum Gasteiger partial charge on any atom is 0.249 e. The van der Waals surface area contributed by atoms with Gasteiger partial charge in [0.05, 0.1) is 0 Å². The minimum Gasteiger partial charge on any atom is -0.312 e. The van der Waals surface area contributed by atoms with Crippen molar-refractivity contribution in [2.24, 2.45) is 0 Å². The molecule has 0 unspecified atom stereocenters. The van der Waals surface area contributed by atoms with Crippen LogP contribution >= 0.6 is 0 Å². The molecule has 1 aromatic carbocycles. The van der Waals surface area contributed by atoms with Gasteiger partial charge in [-0.05, 0) is 19.1 Å². The first-order valence-electron chi connectivity index (χ1n) is 5.60. The Morgan fingerprint density at radius 1 is 1.33 bits per heavy atom. The van der Waals surface area contributed by atoms with E-state index in [1.165, 1.54) is 0 Å². The summed E-state index contributed by atoms with van der Waals surface area (Å²) in [4.78, 5) is -0.862. The normalized spacial score (nSPS) is 22.1. The highest BCUT2D eigenvalue weighted by Crippen LogP contribution is 2.23. The van der Waals surface area contributed by atoms with Crippen LogP contribution in [0.25, 0.3) is 0 Å². The fourth-order valence-corrected chi connectivity index (χ4v) is 3.61. The molecule has 0 saturated carbocycles. The largest absolute Gasteiger partial charge is 0.312 e. The Bertz CT molecular complexity index is 528. The Morgan fingerprint density at radius 2 is 1.94 bits per heavy atom. The third kappa shape index (κ3) is 2.38. The zero-order valence-electron chi connectivity index (χ0n) is 9.86. The number of halogens is 2. The highest BCUT2D eigenvalue weighted by molar-refractivity contribution is 7.89. The van der Waals surface area contributed by atoms with Crippen molar-refractivity contribution in [1.82, 2.24) is 9.62 Å². The van der Waals surface area contributed by atoms with E-state index in [9.17, 15) is 17.2 Å². The molecule has 100 valence electrons. The number of nitrogens with one attached hydrogen (secondary N) is 1. The van der Waals surface area contributed by atoms with Crippen LogP contribution in [-0.2, 0) is 10.0 Å². The predicted molar refractivity (Wildman–Crippen MR) is 62.6 cm³/mol. The summed E-state index contributed by atoms with van der Waals surface area (Å²) in [5, 5.41) is 3.07. The summed E-state index contributed by atoms with van der Waals surface area (Å²) >= 11 is 0. The molecule has 1 N–H and O–H groups in total. The lowest BCUT2D eigenvalue weighted by atomic mass is 10.3. The summed E-state index contributed by atoms with van der Waals surface area (Å²) in [7, 11) is -4.11. The van der Waals surface area contributed by atoms with Crippen molar-refractivity contribution in [3.8, 4) is 0 Å². The monoisotopic (exact) mass is 276 g/mol. The van der Waals surface area contributed by atoms with Crippen LogP contribution in [0.2, 0.25) is 0 Å². The number of nitrogens with zero attached hydrogens (tertiary/aromatic N) is 1. The van der Waals surface area contributed by atoms with Crippen LogP contribution < -0.4 is 5.32 Å². The average molecular weight is 276 g/mol. The Kier molecular flexibility index (Phi) is 3.65. The summed E-state index contributed by atoms with van der Waals surface area (Å²) in [6.07, 6.45) is 0. The number of sulfonamides is 1. The first-order valence-corrected chi connectivity index (χ1v) is 7.04. The van der Waals surface area contributed by atoms with Crippen molar-refractivity contribution in [1.29, 1.82) is 0 Å². The van der Waals surface area contributed by atoms with Gasteiger partial charge < -0.3 is 5.32 Å². The smallest absolute Gasteiger partial charge is 0.249 e. The van der Waals surface area contributed by atoms with E-state index in [0.29, 0.717) is 6.54 Å². The SMILES string of the molecule is C[C@H]1CN(S(=O)(=O)c2c(F)cccc2F)CCN1. The molecule has 0 radical (unpaired) electrons. The van der Waals surface area contributed by atoms with Crippen LogP contribution in [0.4, 0.5) is 8.78 Å². The molecule has 1 aliphatic heterocycles. The van der Waals surface area contributed by atoms with E-state index in [-0.39, 0.29) is 19.1 Å². The lowest BCUT2D eigenvalue weighted by Gasteiger charge is -2.31. The Balaban J connectivity index is 2.42. The first-order chi connectivity index (χ1) is 8.43. The van der Waals surface area contributed by atoms with Crippen molar-refractivity contribution in [2.75, 3.05) is 19.6 Å². The van der Waals surface area contributed by atoms with Gasteiger partial charge in [-0.25, -0.2) is 17.2 Å². The van der Waals surface area contributed by atoms with Crippen LogP contribution in [0, 0.1) is 11.6 Å². The average Bonchev–Trinajstić information content (AvgIpc) is 2.28. The van der Waals surface area contributed by atoms with E-state index in [2.05, 4.69) is 5.32 Å². The quantitative estimate of drug-likeness (QED) is 0.875. The van der Waals surface area contributed by atoms with Gasteiger partial charge >= 0.3 is 0 Å². The van der Waals surface area contributed by atoms with Crippen molar-refractivity contribution in [2.45, 2.75) is 17.9 Å². The van der Waals surface area contributed by atoms with Gasteiger partial charge in [-0.3, -0.25) is 0 Å². The summed E-state index contributed by atoms with van der Waals surface area (Å²) in [6, 6.07) is 3.00. The molecule has 1 heterocycles. The van der Waals surface area contributed by atoms with Crippen LogP contribution in [0.15, 0.2) is 23.1 Å². The molecule has 0 aliphatic carbocycles. The van der Waals surface area contributed by atoms with Gasteiger partial charge in [0.15, 0.2) is 4.90 Å². The molecule has 7 heteroatoms. The maximum absolute atomic E-state index is 13.5. The van der Waals surface area contributed by atoms with Crippen molar-refractivity contribution in [3.63, 3.8) is 0 Å². The molecule has 0 spiro atoms. The van der Waals surface area contributed by atoms with Crippen LogP contribution in [0.1, 0.15) is 6.92 Å². The molecular weight excluding hydrogens is 262 g/mol. The number of piperazine rings is 1. The lowest BCUT2D eigenvalue weighted by molar-refractivity contribution is 0.307. The van der Waals surface area contributed by atoms with Gasteiger partial charge in [0.1, 0.15) is 11.6 Å². The Morgan fingerprint density at radius 3 is 2.50 bits per heavy atom. The molecule has 0 aromatic heterocycles. The topological polar surface area (TPSA) is 49.4 Å². The van der Waals surface area contributed by atoms with Gasteiger partial charge in [0.25, 0.3) is 0 Å². The van der Waals surface area contributed by atoms with Gasteiger partial charge in [0, 0.05) is 25.7 Å². The number of benzene rings is 1. The predicted octanol–water partition coefficient (Wildman–Crippen LogP) is 0.947. The molecule has 1 atom stereocenters. The molecule has 4 nitrogen and oxygen atoms in total. The molecule has 1 aliphatic rings. The van der Waals surface area contributed by atoms with Crippen LogP contribution in [0.5, 0.6) is 0 Å². The summed E-state index contributed by atoms with van der Waals surface area (Å²) in [5.74, 6) is -2.11. The summed E-state index contributed by atoms with van der Waals surface area (Å²) < 4.78 is 52.6. The Hall–Kier alpha value is -1.05. The molecule has 18 heavy (non-hydrogen) atoms. The van der Waals surface area contributed by atoms with E-state index in [1.807, 2.05) is 6.92 Å². The van der Waals surface area contributed by atoms with Crippen LogP contribution in [0.3, 0.4) is 0 Å². The number of hydrogen-bond acceptors (Lipinski definition) is 3. The fourth-order valence-electron chi connectivity index (χ4n) is 1.97. The zero-order chi connectivity index (χ0) is 13.3. The zero-order valence-corrected chi connectivity index (χ0v) is 10.7. The molecule has 0 amide bonds. The van der Waals surface area contributed by atoms with E-state index in [0.717, 1.165) is 22.5 Å². The highest BCUT2D eigenvalue weighted by Gasteiger charge is 2.32. The summed E-state index contributed by atoms with van der Waals surface area (Å²) in [6.45, 7) is 2.70. The standard InChI is InChI=1S/C11H14F2N2O2S/c1-8-7-15(6-5-14-8)18(16,17)11-9(12)3-2-4-10(11)13/h2-4,8,14H,5-7H2,1H3/t8-/m0/s1. The molecular formula is C11H14F2N2O2S. The van der Waals surface area contributed by atoms with Gasteiger partial charge in [0.2, 0.25) is 10.0 Å². The van der Waals surface area contributed by atoms with E-state index in [1.54, 1.807) is 0 Å². The minimum absolute atomic E-state index is 0.0386.